The number of thiazole rings is 1. The molecule has 0 aromatic carbocycles. The lowest BCUT2D eigenvalue weighted by molar-refractivity contribution is -0.173. The fraction of sp³-hybridized carbons (Fsp3) is 0.556. The SMILES string of the molecule is CO/N=C(\C(=O)N[C@@H]1C(=O)N2C(C(=O)OCOC(=O)C(C)(C)C)=C(C)CS[C@H]12)c1csc(NC(=O)OCOC(=O)C(C)(C)C)n1. The summed E-state index contributed by atoms with van der Waals surface area (Å²) in [6, 6.07) is -1.01. The summed E-state index contributed by atoms with van der Waals surface area (Å²) in [4.78, 5) is 85.1. The van der Waals surface area contributed by atoms with Gasteiger partial charge in [-0.05, 0) is 54.0 Å². The number of hydrogen-bond donors (Lipinski definition) is 2. The molecule has 18 heteroatoms. The van der Waals surface area contributed by atoms with Crippen molar-refractivity contribution in [1.29, 1.82) is 0 Å². The zero-order chi connectivity index (χ0) is 33.7. The number of esters is 3. The Morgan fingerprint density at radius 3 is 2.18 bits per heavy atom. The summed E-state index contributed by atoms with van der Waals surface area (Å²) in [5, 5.41) is 9.52. The van der Waals surface area contributed by atoms with Crippen LogP contribution in [-0.4, -0.2) is 89.3 Å². The molecule has 16 nitrogen and oxygen atoms in total. The zero-order valence-corrected chi connectivity index (χ0v) is 27.6. The molecule has 0 spiro atoms. The second kappa shape index (κ2) is 14.3. The van der Waals surface area contributed by atoms with Gasteiger partial charge in [-0.25, -0.2) is 14.6 Å². The van der Waals surface area contributed by atoms with Gasteiger partial charge >= 0.3 is 24.0 Å². The van der Waals surface area contributed by atoms with Crippen molar-refractivity contribution in [3.05, 3.63) is 22.3 Å². The van der Waals surface area contributed by atoms with Crippen LogP contribution in [0.1, 0.15) is 54.2 Å². The van der Waals surface area contributed by atoms with Gasteiger partial charge < -0.3 is 29.1 Å². The fourth-order valence-corrected chi connectivity index (χ4v) is 5.58. The summed E-state index contributed by atoms with van der Waals surface area (Å²) in [5.41, 5.74) is -1.22. The fourth-order valence-electron chi connectivity index (χ4n) is 3.61. The number of nitrogens with zero attached hydrogens (tertiary/aromatic N) is 3. The summed E-state index contributed by atoms with van der Waals surface area (Å²) < 4.78 is 19.8. The van der Waals surface area contributed by atoms with Gasteiger partial charge in [0.2, 0.25) is 13.6 Å². The molecule has 0 saturated carbocycles. The minimum atomic E-state index is -1.01. The van der Waals surface area contributed by atoms with Crippen molar-refractivity contribution >= 4 is 69.8 Å². The first kappa shape index (κ1) is 35.3. The van der Waals surface area contributed by atoms with Crippen molar-refractivity contribution in [3.8, 4) is 0 Å². The number of aromatic nitrogens is 1. The largest absolute Gasteiger partial charge is 0.427 e. The first-order valence-corrected chi connectivity index (χ1v) is 15.4. The van der Waals surface area contributed by atoms with E-state index in [0.717, 1.165) is 11.3 Å². The van der Waals surface area contributed by atoms with Crippen molar-refractivity contribution < 1.29 is 52.6 Å². The van der Waals surface area contributed by atoms with Gasteiger partial charge in [-0.1, -0.05) is 5.16 Å². The number of carbonyl (C=O) groups is 6. The molecule has 2 atom stereocenters. The van der Waals surface area contributed by atoms with Crippen LogP contribution in [0.3, 0.4) is 0 Å². The van der Waals surface area contributed by atoms with Crippen molar-refractivity contribution in [3.63, 3.8) is 0 Å². The summed E-state index contributed by atoms with van der Waals surface area (Å²) in [7, 11) is 1.21. The zero-order valence-electron chi connectivity index (χ0n) is 26.0. The van der Waals surface area contributed by atoms with Gasteiger partial charge in [0.1, 0.15) is 29.9 Å². The second-order valence-corrected chi connectivity index (χ2v) is 13.7. The highest BCUT2D eigenvalue weighted by Gasteiger charge is 2.54. The Morgan fingerprint density at radius 1 is 1.00 bits per heavy atom. The molecule has 0 bridgehead atoms. The Hall–Kier alpha value is -4.19. The first-order valence-electron chi connectivity index (χ1n) is 13.4. The van der Waals surface area contributed by atoms with Crippen molar-refractivity contribution in [1.82, 2.24) is 15.2 Å². The van der Waals surface area contributed by atoms with Gasteiger partial charge in [0, 0.05) is 11.1 Å². The van der Waals surface area contributed by atoms with E-state index in [9.17, 15) is 28.8 Å². The van der Waals surface area contributed by atoms with Gasteiger partial charge in [0.05, 0.1) is 10.8 Å². The maximum Gasteiger partial charge on any atom is 0.416 e. The molecule has 2 aliphatic rings. The lowest BCUT2D eigenvalue weighted by Crippen LogP contribution is -2.71. The van der Waals surface area contributed by atoms with E-state index < -0.39 is 71.6 Å². The number of fused-ring (bicyclic) bond motifs is 1. The molecule has 3 rings (SSSR count). The highest BCUT2D eigenvalue weighted by Crippen LogP contribution is 2.40. The predicted octanol–water partition coefficient (Wildman–Crippen LogP) is 2.35. The van der Waals surface area contributed by atoms with E-state index in [2.05, 4.69) is 20.8 Å². The van der Waals surface area contributed by atoms with Crippen LogP contribution in [0.2, 0.25) is 0 Å². The molecule has 2 aliphatic heterocycles. The van der Waals surface area contributed by atoms with E-state index in [1.807, 2.05) is 0 Å². The minimum absolute atomic E-state index is 0.0158. The van der Waals surface area contributed by atoms with E-state index in [4.69, 9.17) is 23.8 Å². The number of amides is 3. The number of rotatable bonds is 10. The monoisotopic (exact) mass is 669 g/mol. The maximum atomic E-state index is 13.2. The number of ether oxygens (including phenoxy) is 4. The Kier molecular flexibility index (Phi) is 11.2. The lowest BCUT2D eigenvalue weighted by atomic mass is 9.97. The van der Waals surface area contributed by atoms with Crippen LogP contribution in [0.5, 0.6) is 0 Å². The van der Waals surface area contributed by atoms with Crippen molar-refractivity contribution in [2.24, 2.45) is 16.0 Å². The van der Waals surface area contributed by atoms with Crippen LogP contribution in [0, 0.1) is 10.8 Å². The molecule has 2 N–H and O–H groups in total. The third-order valence-corrected chi connectivity index (χ3v) is 8.16. The number of carbonyl (C=O) groups excluding carboxylic acids is 6. The highest BCUT2D eigenvalue weighted by molar-refractivity contribution is 8.00. The van der Waals surface area contributed by atoms with Crippen LogP contribution in [0.15, 0.2) is 21.8 Å². The molecule has 1 aromatic rings. The number of β-lactam (4-membered cyclic amide) rings is 1. The molecule has 3 amide bonds. The molecule has 45 heavy (non-hydrogen) atoms. The second-order valence-electron chi connectivity index (χ2n) is 11.7. The molecule has 3 heterocycles. The standard InChI is InChI=1S/C27H35N5O11S2/c1-13-9-44-20-16(19(34)32(20)17(13)21(35)40-11-41-22(36)26(2,3)4)29-18(33)15(31-39-8)14-10-45-24(28-14)30-25(38)43-12-42-23(37)27(5,6)7/h10,16,20H,9,11-12H2,1-8H3,(H,29,33)(H,28,30,38)/b31-15-/t16-,20-/m1/s1. The van der Waals surface area contributed by atoms with E-state index >= 15 is 0 Å². The number of hydrogen-bond acceptors (Lipinski definition) is 15. The van der Waals surface area contributed by atoms with E-state index in [1.54, 1.807) is 48.5 Å². The van der Waals surface area contributed by atoms with Crippen molar-refractivity contribution in [2.45, 2.75) is 59.9 Å². The molecule has 1 aromatic heterocycles. The lowest BCUT2D eigenvalue weighted by Gasteiger charge is -2.49. The topological polar surface area (TPSA) is 201 Å². The van der Waals surface area contributed by atoms with Crippen molar-refractivity contribution in [2.75, 3.05) is 31.8 Å². The van der Waals surface area contributed by atoms with E-state index in [0.29, 0.717) is 11.3 Å². The number of oxime groups is 1. The Balaban J connectivity index is 1.60. The minimum Gasteiger partial charge on any atom is -0.427 e. The molecular weight excluding hydrogens is 634 g/mol. The number of thioether (sulfide) groups is 1. The van der Waals surface area contributed by atoms with Crippen LogP contribution < -0.4 is 10.6 Å². The molecular formula is C27H35N5O11S2. The van der Waals surface area contributed by atoms with Gasteiger partial charge in [-0.2, -0.15) is 0 Å². The normalized spacial score (nSPS) is 18.3. The molecule has 0 aliphatic carbocycles. The Labute approximate surface area is 267 Å². The average Bonchev–Trinajstić information content (AvgIpc) is 3.40. The van der Waals surface area contributed by atoms with E-state index in [1.165, 1.54) is 29.2 Å². The number of anilines is 1. The summed E-state index contributed by atoms with van der Waals surface area (Å²) in [6.45, 7) is 10.4. The third kappa shape index (κ3) is 8.72. The Morgan fingerprint density at radius 2 is 1.60 bits per heavy atom. The van der Waals surface area contributed by atoms with Crippen LogP contribution in [0.4, 0.5) is 9.93 Å². The van der Waals surface area contributed by atoms with Crippen LogP contribution >= 0.6 is 23.1 Å². The molecule has 246 valence electrons. The summed E-state index contributed by atoms with van der Waals surface area (Å²) in [6.07, 6.45) is -0.952. The summed E-state index contributed by atoms with van der Waals surface area (Å²) in [5.74, 6) is -2.94. The average molecular weight is 670 g/mol. The maximum absolute atomic E-state index is 13.2. The quantitative estimate of drug-likeness (QED) is 0.121. The van der Waals surface area contributed by atoms with Gasteiger partial charge in [0.15, 0.2) is 10.8 Å². The van der Waals surface area contributed by atoms with Crippen LogP contribution in [-0.2, 0) is 47.8 Å². The molecule has 0 unspecified atom stereocenters. The predicted molar refractivity (Wildman–Crippen MR) is 160 cm³/mol. The molecule has 0 radical (unpaired) electrons. The Bertz CT molecular complexity index is 1420. The smallest absolute Gasteiger partial charge is 0.416 e. The van der Waals surface area contributed by atoms with Gasteiger partial charge in [-0.3, -0.25) is 29.4 Å². The van der Waals surface area contributed by atoms with E-state index in [-0.39, 0.29) is 22.2 Å². The molecule has 1 fully saturated rings. The van der Waals surface area contributed by atoms with Gasteiger partial charge in [0.25, 0.3) is 11.8 Å². The number of nitrogens with one attached hydrogen (secondary N) is 2. The highest BCUT2D eigenvalue weighted by atomic mass is 32.2. The van der Waals surface area contributed by atoms with Crippen LogP contribution in [0.25, 0.3) is 0 Å². The summed E-state index contributed by atoms with van der Waals surface area (Å²) >= 11 is 2.28. The first-order chi connectivity index (χ1) is 20.9. The molecule has 1 saturated heterocycles. The third-order valence-electron chi connectivity index (χ3n) is 5.98. The van der Waals surface area contributed by atoms with Gasteiger partial charge in [-0.15, -0.1) is 23.1 Å².